The van der Waals surface area contributed by atoms with E-state index in [-0.39, 0.29) is 12.4 Å². The van der Waals surface area contributed by atoms with Crippen molar-refractivity contribution < 1.29 is 13.9 Å². The summed E-state index contributed by atoms with van der Waals surface area (Å²) in [6.07, 6.45) is 3.59. The van der Waals surface area contributed by atoms with Gasteiger partial charge in [-0.25, -0.2) is 4.39 Å². The van der Waals surface area contributed by atoms with Crippen LogP contribution in [-0.4, -0.2) is 26.7 Å². The molecule has 3 aromatic heterocycles. The van der Waals surface area contributed by atoms with Gasteiger partial charge in [0.25, 0.3) is 0 Å². The van der Waals surface area contributed by atoms with Gasteiger partial charge in [0.05, 0.1) is 12.6 Å². The van der Waals surface area contributed by atoms with E-state index < -0.39 is 0 Å². The zero-order chi connectivity index (χ0) is 21.4. The second kappa shape index (κ2) is 7.68. The molecule has 5 aromatic rings. The van der Waals surface area contributed by atoms with E-state index in [2.05, 4.69) is 15.2 Å². The Morgan fingerprint density at radius 3 is 2.68 bits per heavy atom. The first-order valence-corrected chi connectivity index (χ1v) is 9.78. The van der Waals surface area contributed by atoms with E-state index in [9.17, 15) is 4.39 Å². The van der Waals surface area contributed by atoms with Crippen molar-refractivity contribution in [3.05, 3.63) is 84.2 Å². The topological polar surface area (TPSA) is 61.5 Å². The van der Waals surface area contributed by atoms with Crippen molar-refractivity contribution >= 4 is 16.6 Å². The molecule has 31 heavy (non-hydrogen) atoms. The highest BCUT2D eigenvalue weighted by Crippen LogP contribution is 2.28. The van der Waals surface area contributed by atoms with Crippen molar-refractivity contribution in [1.29, 1.82) is 0 Å². The summed E-state index contributed by atoms with van der Waals surface area (Å²) in [6.45, 7) is 1.97. The lowest BCUT2D eigenvalue weighted by atomic mass is 10.1. The Labute approximate surface area is 177 Å². The molecule has 2 aromatic carbocycles. The van der Waals surface area contributed by atoms with Crippen LogP contribution in [-0.2, 0) is 6.61 Å². The Balaban J connectivity index is 1.46. The van der Waals surface area contributed by atoms with Gasteiger partial charge in [-0.3, -0.25) is 9.38 Å². The molecule has 0 bridgehead atoms. The third-order valence-corrected chi connectivity index (χ3v) is 5.24. The van der Waals surface area contributed by atoms with Crippen LogP contribution >= 0.6 is 0 Å². The Kier molecular flexibility index (Phi) is 4.71. The molecule has 0 aliphatic heterocycles. The second-order valence-corrected chi connectivity index (χ2v) is 7.21. The van der Waals surface area contributed by atoms with Gasteiger partial charge in [-0.05, 0) is 60.0 Å². The number of fused-ring (bicyclic) bond motifs is 2. The standard InChI is InChI=1S/C24H19FN4O2/c1-15-3-4-16(11-20(15)25)17-5-8-23-27-28-24(29(23)13-17)14-31-22-9-10-26-21-12-18(30-2)6-7-19(21)22/h3-13H,14H2,1-2H3. The summed E-state index contributed by atoms with van der Waals surface area (Å²) in [6, 6.07) is 16.4. The molecule has 0 amide bonds. The van der Waals surface area contributed by atoms with E-state index in [1.54, 1.807) is 26.3 Å². The number of ether oxygens (including phenoxy) is 2. The average Bonchev–Trinajstić information content (AvgIpc) is 3.21. The third kappa shape index (κ3) is 3.54. The minimum atomic E-state index is -0.230. The van der Waals surface area contributed by atoms with E-state index in [0.717, 1.165) is 27.8 Å². The van der Waals surface area contributed by atoms with Gasteiger partial charge in [0.1, 0.15) is 23.9 Å². The van der Waals surface area contributed by atoms with Gasteiger partial charge >= 0.3 is 0 Å². The van der Waals surface area contributed by atoms with E-state index >= 15 is 0 Å². The molecule has 0 saturated carbocycles. The fourth-order valence-electron chi connectivity index (χ4n) is 3.48. The van der Waals surface area contributed by atoms with Crippen LogP contribution < -0.4 is 9.47 Å². The maximum Gasteiger partial charge on any atom is 0.175 e. The highest BCUT2D eigenvalue weighted by atomic mass is 19.1. The Morgan fingerprint density at radius 1 is 0.968 bits per heavy atom. The molecule has 6 nitrogen and oxygen atoms in total. The van der Waals surface area contributed by atoms with Crippen LogP contribution in [0.1, 0.15) is 11.4 Å². The van der Waals surface area contributed by atoms with Gasteiger partial charge in [-0.15, -0.1) is 10.2 Å². The lowest BCUT2D eigenvalue weighted by Crippen LogP contribution is -2.02. The SMILES string of the molecule is COc1ccc2c(OCc3nnc4ccc(-c5ccc(C)c(F)c5)cn34)ccnc2c1. The van der Waals surface area contributed by atoms with E-state index in [0.29, 0.717) is 22.8 Å². The maximum atomic E-state index is 14.0. The molecule has 0 atom stereocenters. The monoisotopic (exact) mass is 414 g/mol. The molecule has 0 radical (unpaired) electrons. The van der Waals surface area contributed by atoms with Crippen molar-refractivity contribution in [3.63, 3.8) is 0 Å². The number of nitrogens with zero attached hydrogens (tertiary/aromatic N) is 4. The van der Waals surface area contributed by atoms with Gasteiger partial charge in [-0.1, -0.05) is 12.1 Å². The first kappa shape index (κ1) is 19.0. The number of hydrogen-bond acceptors (Lipinski definition) is 5. The van der Waals surface area contributed by atoms with Crippen molar-refractivity contribution in [2.75, 3.05) is 7.11 Å². The zero-order valence-corrected chi connectivity index (χ0v) is 17.0. The molecule has 7 heteroatoms. The number of benzene rings is 2. The average molecular weight is 414 g/mol. The Bertz CT molecular complexity index is 1410. The van der Waals surface area contributed by atoms with Gasteiger partial charge in [-0.2, -0.15) is 0 Å². The highest BCUT2D eigenvalue weighted by Gasteiger charge is 2.11. The van der Waals surface area contributed by atoms with Crippen LogP contribution in [0.5, 0.6) is 11.5 Å². The van der Waals surface area contributed by atoms with E-state index in [1.807, 2.05) is 53.1 Å². The second-order valence-electron chi connectivity index (χ2n) is 7.21. The molecule has 154 valence electrons. The van der Waals surface area contributed by atoms with Gasteiger partial charge in [0.15, 0.2) is 11.5 Å². The molecule has 0 fully saturated rings. The van der Waals surface area contributed by atoms with Gasteiger partial charge in [0.2, 0.25) is 0 Å². The predicted octanol–water partition coefficient (Wildman–Crippen LogP) is 4.98. The first-order valence-electron chi connectivity index (χ1n) is 9.78. The molecule has 0 aliphatic rings. The smallest absolute Gasteiger partial charge is 0.175 e. The van der Waals surface area contributed by atoms with Crippen LogP contribution in [0.25, 0.3) is 27.7 Å². The number of aryl methyl sites for hydroxylation is 1. The molecule has 0 spiro atoms. The molecular weight excluding hydrogens is 395 g/mol. The highest BCUT2D eigenvalue weighted by molar-refractivity contribution is 5.85. The lowest BCUT2D eigenvalue weighted by Gasteiger charge is -2.10. The Hall–Kier alpha value is -4.00. The van der Waals surface area contributed by atoms with Crippen molar-refractivity contribution in [3.8, 4) is 22.6 Å². The molecule has 0 saturated heterocycles. The summed E-state index contributed by atoms with van der Waals surface area (Å²) in [5.74, 6) is 1.84. The number of aromatic nitrogens is 4. The van der Waals surface area contributed by atoms with Crippen LogP contribution in [0.15, 0.2) is 67.0 Å². The summed E-state index contributed by atoms with van der Waals surface area (Å²) in [5, 5.41) is 9.36. The largest absolute Gasteiger partial charge is 0.497 e. The first-order chi connectivity index (χ1) is 15.1. The Morgan fingerprint density at radius 2 is 1.84 bits per heavy atom. The molecule has 5 rings (SSSR count). The summed E-state index contributed by atoms with van der Waals surface area (Å²) >= 11 is 0. The van der Waals surface area contributed by atoms with Crippen LogP contribution in [0.3, 0.4) is 0 Å². The fourth-order valence-corrected chi connectivity index (χ4v) is 3.48. The summed E-state index contributed by atoms with van der Waals surface area (Å²) in [5.41, 5.74) is 3.75. The molecule has 0 N–H and O–H groups in total. The van der Waals surface area contributed by atoms with Crippen molar-refractivity contribution in [1.82, 2.24) is 19.6 Å². The van der Waals surface area contributed by atoms with Crippen LogP contribution in [0.2, 0.25) is 0 Å². The van der Waals surface area contributed by atoms with Crippen LogP contribution in [0, 0.1) is 12.7 Å². The number of pyridine rings is 2. The molecular formula is C24H19FN4O2. The molecule has 0 unspecified atom stereocenters. The number of rotatable bonds is 5. The number of halogens is 1. The zero-order valence-electron chi connectivity index (χ0n) is 17.0. The predicted molar refractivity (Wildman–Crippen MR) is 116 cm³/mol. The normalized spacial score (nSPS) is 11.2. The van der Waals surface area contributed by atoms with Crippen molar-refractivity contribution in [2.24, 2.45) is 0 Å². The minimum absolute atomic E-state index is 0.220. The molecule has 0 aliphatic carbocycles. The van der Waals surface area contributed by atoms with E-state index in [1.165, 1.54) is 6.07 Å². The van der Waals surface area contributed by atoms with E-state index in [4.69, 9.17) is 9.47 Å². The van der Waals surface area contributed by atoms with Crippen LogP contribution in [0.4, 0.5) is 4.39 Å². The lowest BCUT2D eigenvalue weighted by molar-refractivity contribution is 0.298. The fraction of sp³-hybridized carbons (Fsp3) is 0.125. The number of hydrogen-bond donors (Lipinski definition) is 0. The summed E-state index contributed by atoms with van der Waals surface area (Å²) in [4.78, 5) is 4.38. The number of methoxy groups -OCH3 is 1. The molecule has 3 heterocycles. The summed E-state index contributed by atoms with van der Waals surface area (Å²) < 4.78 is 27.2. The maximum absolute atomic E-state index is 14.0. The summed E-state index contributed by atoms with van der Waals surface area (Å²) in [7, 11) is 1.62. The van der Waals surface area contributed by atoms with Gasteiger partial charge in [0, 0.05) is 23.8 Å². The minimum Gasteiger partial charge on any atom is -0.497 e. The third-order valence-electron chi connectivity index (χ3n) is 5.24. The van der Waals surface area contributed by atoms with Gasteiger partial charge < -0.3 is 9.47 Å². The quantitative estimate of drug-likeness (QED) is 0.406. The van der Waals surface area contributed by atoms with Crippen molar-refractivity contribution in [2.45, 2.75) is 13.5 Å².